The Morgan fingerprint density at radius 3 is 1.44 bits per heavy atom. The van der Waals surface area contributed by atoms with Crippen LogP contribution in [0.4, 0.5) is 34.4 Å². The van der Waals surface area contributed by atoms with Gasteiger partial charge in [0.15, 0.2) is 0 Å². The molecular weight excluding hydrogens is 524 g/mol. The minimum atomic E-state index is 0.844. The van der Waals surface area contributed by atoms with Gasteiger partial charge in [-0.25, -0.2) is 4.98 Å². The van der Waals surface area contributed by atoms with Crippen LogP contribution in [0.25, 0.3) is 16.6 Å². The number of nitrogens with zero attached hydrogens (tertiary/aromatic N) is 4. The Bertz CT molecular complexity index is 1940. The van der Waals surface area contributed by atoms with Crippen LogP contribution in [0.1, 0.15) is 11.3 Å². The molecule has 0 saturated carbocycles. The highest BCUT2D eigenvalue weighted by molar-refractivity contribution is 5.92. The van der Waals surface area contributed by atoms with Gasteiger partial charge in [0.1, 0.15) is 11.6 Å². The Kier molecular flexibility index (Phi) is 6.94. The van der Waals surface area contributed by atoms with E-state index >= 15 is 0 Å². The number of aryl methyl sites for hydroxylation is 1. The molecule has 208 valence electrons. The second kappa shape index (κ2) is 11.3. The molecule has 0 aliphatic heterocycles. The third-order valence-corrected chi connectivity index (χ3v) is 8.00. The van der Waals surface area contributed by atoms with Crippen molar-refractivity contribution in [1.29, 1.82) is 0 Å². The molecule has 0 saturated heterocycles. The van der Waals surface area contributed by atoms with E-state index in [1.807, 2.05) is 12.1 Å². The summed E-state index contributed by atoms with van der Waals surface area (Å²) in [7, 11) is 0. The van der Waals surface area contributed by atoms with E-state index in [1.165, 1.54) is 27.8 Å². The molecule has 0 unspecified atom stereocenters. The number of hydrogen-bond donors (Lipinski definition) is 0. The van der Waals surface area contributed by atoms with E-state index in [4.69, 9.17) is 4.98 Å². The quantitative estimate of drug-likeness (QED) is 0.195. The van der Waals surface area contributed by atoms with Crippen LogP contribution in [0.5, 0.6) is 0 Å². The summed E-state index contributed by atoms with van der Waals surface area (Å²) in [6.07, 6.45) is 0. The van der Waals surface area contributed by atoms with E-state index in [0.717, 1.165) is 34.4 Å². The van der Waals surface area contributed by atoms with Crippen LogP contribution in [0.15, 0.2) is 158 Å². The number of fused-ring (bicyclic) bond motifs is 1. The van der Waals surface area contributed by atoms with E-state index in [9.17, 15) is 0 Å². The second-order valence-corrected chi connectivity index (χ2v) is 10.6. The normalized spacial score (nSPS) is 11.0. The molecule has 0 amide bonds. The summed E-state index contributed by atoms with van der Waals surface area (Å²) in [4.78, 5) is 9.74. The van der Waals surface area contributed by atoms with Crippen LogP contribution in [-0.4, -0.2) is 9.55 Å². The van der Waals surface area contributed by atoms with Crippen molar-refractivity contribution in [3.05, 3.63) is 169 Å². The summed E-state index contributed by atoms with van der Waals surface area (Å²) in [5, 5.41) is 1.23. The minimum Gasteiger partial charge on any atom is -0.314 e. The summed E-state index contributed by atoms with van der Waals surface area (Å²) >= 11 is 0. The van der Waals surface area contributed by atoms with Gasteiger partial charge in [-0.15, -0.1) is 0 Å². The summed E-state index contributed by atoms with van der Waals surface area (Å²) < 4.78 is 2.35. The molecule has 4 heteroatoms. The zero-order chi connectivity index (χ0) is 29.2. The Morgan fingerprint density at radius 1 is 0.465 bits per heavy atom. The summed E-state index contributed by atoms with van der Waals surface area (Å²) in [5.74, 6) is 1.69. The number of hydrogen-bond acceptors (Lipinski definition) is 3. The molecule has 0 fully saturated rings. The van der Waals surface area contributed by atoms with Gasteiger partial charge < -0.3 is 4.57 Å². The summed E-state index contributed by atoms with van der Waals surface area (Å²) in [6.45, 7) is 4.41. The first-order valence-electron chi connectivity index (χ1n) is 14.6. The molecule has 7 rings (SSSR count). The Labute approximate surface area is 252 Å². The van der Waals surface area contributed by atoms with E-state index in [-0.39, 0.29) is 0 Å². The molecule has 4 nitrogen and oxygen atoms in total. The first-order chi connectivity index (χ1) is 21.2. The number of pyridine rings is 1. The van der Waals surface area contributed by atoms with Crippen molar-refractivity contribution in [2.24, 2.45) is 0 Å². The van der Waals surface area contributed by atoms with Gasteiger partial charge in [0, 0.05) is 39.5 Å². The lowest BCUT2D eigenvalue weighted by Gasteiger charge is -2.28. The van der Waals surface area contributed by atoms with Crippen LogP contribution in [0.2, 0.25) is 0 Å². The average molecular weight is 557 g/mol. The van der Waals surface area contributed by atoms with Gasteiger partial charge in [-0.1, -0.05) is 78.9 Å². The maximum absolute atomic E-state index is 5.30. The Balaban J connectivity index is 1.39. The SMILES string of the molecule is Cc1c(C)n(-c2ccccc2)c2ccc(N(c3ccccc3)c3cccc(N(c4ccccc4)c4ccccc4)n3)cc12. The van der Waals surface area contributed by atoms with Gasteiger partial charge in [-0.2, -0.15) is 0 Å². The van der Waals surface area contributed by atoms with Crippen molar-refractivity contribution < 1.29 is 0 Å². The predicted octanol–water partition coefficient (Wildman–Crippen LogP) is 10.6. The summed E-state index contributed by atoms with van der Waals surface area (Å²) in [5.41, 5.74) is 9.10. The highest BCUT2D eigenvalue weighted by Gasteiger charge is 2.20. The van der Waals surface area contributed by atoms with Crippen LogP contribution in [0, 0.1) is 13.8 Å². The van der Waals surface area contributed by atoms with Gasteiger partial charge in [0.2, 0.25) is 0 Å². The first kappa shape index (κ1) is 26.3. The molecule has 0 aliphatic rings. The predicted molar refractivity (Wildman–Crippen MR) is 180 cm³/mol. The molecule has 0 spiro atoms. The lowest BCUT2D eigenvalue weighted by Crippen LogP contribution is -2.15. The van der Waals surface area contributed by atoms with Gasteiger partial charge in [-0.05, 0) is 98.3 Å². The van der Waals surface area contributed by atoms with Crippen LogP contribution in [-0.2, 0) is 0 Å². The largest absolute Gasteiger partial charge is 0.314 e. The Hall–Kier alpha value is -5.61. The molecule has 0 atom stereocenters. The molecule has 0 N–H and O–H groups in total. The van der Waals surface area contributed by atoms with Crippen molar-refractivity contribution in [1.82, 2.24) is 9.55 Å². The van der Waals surface area contributed by atoms with Crippen molar-refractivity contribution in [2.75, 3.05) is 9.80 Å². The number of benzene rings is 5. The molecule has 2 aromatic heterocycles. The average Bonchev–Trinajstić information content (AvgIpc) is 3.32. The zero-order valence-electron chi connectivity index (χ0n) is 24.3. The van der Waals surface area contributed by atoms with Crippen molar-refractivity contribution >= 4 is 45.3 Å². The van der Waals surface area contributed by atoms with Crippen molar-refractivity contribution in [3.63, 3.8) is 0 Å². The maximum Gasteiger partial charge on any atom is 0.140 e. The number of anilines is 6. The van der Waals surface area contributed by atoms with E-state index in [1.54, 1.807) is 0 Å². The topological polar surface area (TPSA) is 24.3 Å². The molecule has 0 aliphatic carbocycles. The molecule has 43 heavy (non-hydrogen) atoms. The highest BCUT2D eigenvalue weighted by Crippen LogP contribution is 2.40. The van der Waals surface area contributed by atoms with Gasteiger partial charge in [0.05, 0.1) is 5.52 Å². The number of rotatable bonds is 7. The smallest absolute Gasteiger partial charge is 0.140 e. The second-order valence-electron chi connectivity index (χ2n) is 10.6. The molecule has 0 radical (unpaired) electrons. The van der Waals surface area contributed by atoms with Gasteiger partial charge in [-0.3, -0.25) is 9.80 Å². The van der Waals surface area contributed by atoms with E-state index < -0.39 is 0 Å². The Morgan fingerprint density at radius 2 is 0.930 bits per heavy atom. The van der Waals surface area contributed by atoms with Crippen LogP contribution >= 0.6 is 0 Å². The van der Waals surface area contributed by atoms with E-state index in [2.05, 4.69) is 174 Å². The van der Waals surface area contributed by atoms with Crippen molar-refractivity contribution in [3.8, 4) is 5.69 Å². The number of aromatic nitrogens is 2. The fourth-order valence-corrected chi connectivity index (χ4v) is 5.83. The first-order valence-corrected chi connectivity index (χ1v) is 14.6. The van der Waals surface area contributed by atoms with Crippen molar-refractivity contribution in [2.45, 2.75) is 13.8 Å². The highest BCUT2D eigenvalue weighted by atomic mass is 15.3. The standard InChI is InChI=1S/C39H32N4/c1-29-30(2)41(31-16-7-3-8-17-31)37-27-26-35(28-36(29)37)43(34-22-13-6-14-23-34)39-25-15-24-38(40-39)42(32-18-9-4-10-19-32)33-20-11-5-12-21-33/h3-28H,1-2H3. The van der Waals surface area contributed by atoms with Crippen LogP contribution in [0.3, 0.4) is 0 Å². The third-order valence-electron chi connectivity index (χ3n) is 8.00. The zero-order valence-corrected chi connectivity index (χ0v) is 24.3. The van der Waals surface area contributed by atoms with E-state index in [0.29, 0.717) is 0 Å². The fraction of sp³-hybridized carbons (Fsp3) is 0.0513. The number of para-hydroxylation sites is 4. The molecule has 0 bridgehead atoms. The lowest BCUT2D eigenvalue weighted by molar-refractivity contribution is 1.04. The molecular formula is C39H32N4. The van der Waals surface area contributed by atoms with Crippen LogP contribution < -0.4 is 9.80 Å². The fourth-order valence-electron chi connectivity index (χ4n) is 5.83. The third kappa shape index (κ3) is 4.93. The minimum absolute atomic E-state index is 0.844. The maximum atomic E-state index is 5.30. The van der Waals surface area contributed by atoms with Gasteiger partial charge >= 0.3 is 0 Å². The molecule has 5 aromatic carbocycles. The molecule has 2 heterocycles. The lowest BCUT2D eigenvalue weighted by atomic mass is 10.1. The molecule has 7 aromatic rings. The summed E-state index contributed by atoms with van der Waals surface area (Å²) in [6, 6.07) is 54.8. The monoisotopic (exact) mass is 556 g/mol. The van der Waals surface area contributed by atoms with Gasteiger partial charge in [0.25, 0.3) is 0 Å².